The minimum atomic E-state index is -5.00. The van der Waals surface area contributed by atoms with E-state index in [9.17, 15) is 43.2 Å². The molecule has 0 aromatic rings. The van der Waals surface area contributed by atoms with Gasteiger partial charge in [-0.25, -0.2) is 9.13 Å². The van der Waals surface area contributed by atoms with Crippen LogP contribution in [0.4, 0.5) is 0 Å². The lowest BCUT2D eigenvalue weighted by Gasteiger charge is -2.21. The molecular formula is C85H136O17P2. The molecule has 0 rings (SSSR count). The number of allylic oxidation sites excluding steroid dienone is 30. The molecule has 0 bridgehead atoms. The molecule has 19 heteroatoms. The van der Waals surface area contributed by atoms with Crippen LogP contribution in [0.15, 0.2) is 182 Å². The molecule has 5 unspecified atom stereocenters. The minimum Gasteiger partial charge on any atom is -0.462 e. The lowest BCUT2D eigenvalue weighted by Crippen LogP contribution is -2.30. The van der Waals surface area contributed by atoms with Gasteiger partial charge in [-0.1, -0.05) is 268 Å². The predicted octanol–water partition coefficient (Wildman–Crippen LogP) is 22.8. The fourth-order valence-corrected chi connectivity index (χ4v) is 11.1. The van der Waals surface area contributed by atoms with Gasteiger partial charge in [0.05, 0.1) is 26.4 Å². The number of carbonyl (C=O) groups excluding carboxylic acids is 4. The van der Waals surface area contributed by atoms with Crippen molar-refractivity contribution in [2.75, 3.05) is 39.6 Å². The van der Waals surface area contributed by atoms with Gasteiger partial charge in [0.25, 0.3) is 0 Å². The van der Waals surface area contributed by atoms with Crippen molar-refractivity contribution in [1.82, 2.24) is 0 Å². The number of phosphoric ester groups is 2. The van der Waals surface area contributed by atoms with Gasteiger partial charge in [-0.05, 0) is 161 Å². The van der Waals surface area contributed by atoms with E-state index in [1.165, 1.54) is 6.42 Å². The summed E-state index contributed by atoms with van der Waals surface area (Å²) in [6.07, 6.45) is 90.4. The van der Waals surface area contributed by atoms with Crippen molar-refractivity contribution in [3.63, 3.8) is 0 Å². The average Bonchev–Trinajstić information content (AvgIpc) is 0.931. The highest BCUT2D eigenvalue weighted by atomic mass is 31.2. The number of aliphatic hydroxyl groups is 1. The Hall–Kier alpha value is -5.84. The van der Waals surface area contributed by atoms with E-state index in [0.29, 0.717) is 32.1 Å². The van der Waals surface area contributed by atoms with Crippen molar-refractivity contribution >= 4 is 39.5 Å². The van der Waals surface area contributed by atoms with Crippen LogP contribution in [0.2, 0.25) is 0 Å². The van der Waals surface area contributed by atoms with Crippen molar-refractivity contribution in [3.05, 3.63) is 182 Å². The summed E-state index contributed by atoms with van der Waals surface area (Å²) in [6, 6.07) is 0. The maximum Gasteiger partial charge on any atom is 0.472 e. The Balaban J connectivity index is 5.46. The van der Waals surface area contributed by atoms with Crippen LogP contribution in [0.5, 0.6) is 0 Å². The smallest absolute Gasteiger partial charge is 0.462 e. The van der Waals surface area contributed by atoms with Crippen LogP contribution in [0.3, 0.4) is 0 Å². The molecule has 0 saturated heterocycles. The number of aliphatic hydroxyl groups excluding tert-OH is 1. The lowest BCUT2D eigenvalue weighted by atomic mass is 10.1. The molecule has 0 aliphatic rings. The number of hydrogen-bond acceptors (Lipinski definition) is 15. The van der Waals surface area contributed by atoms with Crippen molar-refractivity contribution in [1.29, 1.82) is 0 Å². The van der Waals surface area contributed by atoms with E-state index in [1.807, 2.05) is 18.2 Å². The van der Waals surface area contributed by atoms with Crippen LogP contribution >= 0.6 is 15.6 Å². The first-order chi connectivity index (χ1) is 50.7. The number of esters is 4. The average molecular weight is 1490 g/mol. The first-order valence-corrected chi connectivity index (χ1v) is 42.0. The van der Waals surface area contributed by atoms with Crippen LogP contribution in [0, 0.1) is 0 Å². The van der Waals surface area contributed by atoms with Gasteiger partial charge in [-0.3, -0.25) is 37.3 Å². The van der Waals surface area contributed by atoms with Gasteiger partial charge >= 0.3 is 39.5 Å². The number of unbranched alkanes of at least 4 members (excludes halogenated alkanes) is 15. The third kappa shape index (κ3) is 74.4. The van der Waals surface area contributed by atoms with Gasteiger partial charge in [0, 0.05) is 25.7 Å². The quantitative estimate of drug-likeness (QED) is 0.0169. The maximum atomic E-state index is 13.1. The first-order valence-electron chi connectivity index (χ1n) is 39.0. The van der Waals surface area contributed by atoms with Gasteiger partial charge < -0.3 is 33.8 Å². The fourth-order valence-electron chi connectivity index (χ4n) is 9.50. The molecule has 588 valence electrons. The second-order valence-corrected chi connectivity index (χ2v) is 28.1. The number of ether oxygens (including phenoxy) is 4. The van der Waals surface area contributed by atoms with Crippen molar-refractivity contribution < 1.29 is 80.2 Å². The number of carbonyl (C=O) groups is 4. The van der Waals surface area contributed by atoms with E-state index in [1.54, 1.807) is 0 Å². The molecule has 17 nitrogen and oxygen atoms in total. The molecule has 0 spiro atoms. The Bertz CT molecular complexity index is 2690. The molecule has 0 amide bonds. The monoisotopic (exact) mass is 1490 g/mol. The van der Waals surface area contributed by atoms with E-state index in [-0.39, 0.29) is 25.7 Å². The Labute approximate surface area is 628 Å². The number of rotatable bonds is 71. The van der Waals surface area contributed by atoms with Crippen LogP contribution < -0.4 is 0 Å². The zero-order valence-electron chi connectivity index (χ0n) is 64.1. The standard InChI is InChI=1S/C85H136O17P2/c1-5-9-13-17-21-25-29-32-35-38-39-42-44-47-51-54-58-62-66-70-82(87)95-75-80(101-84(89)71-67-63-59-55-49-28-24-20-16-12-8-4)77-99-103(91,92)97-73-79(86)74-98-104(93,94)100-78-81(102-85(90)72-68-64-60-56-52-48-45-41-37-34-31-27-23-19-15-11-7-3)76-96-83(88)69-65-61-57-53-50-46-43-40-36-33-30-26-22-18-14-10-6-2/h9-11,13-15,20-27,32-37,39,42-43,45-48,51,58,62,79-81,86H,5-8,12,16-19,28-31,38,40-41,44,49-50,52-57,59-61,63-78H2,1-4H3,(H,91,92)(H,93,94)/b13-9-,14-10-,15-11-,24-20-,25-21-,26-22-,27-23-,35-32-,36-33-,37-34-,42-39-,46-43-,48-45-,51-47-,62-58-. The van der Waals surface area contributed by atoms with Crippen LogP contribution in [0.1, 0.15) is 272 Å². The van der Waals surface area contributed by atoms with Gasteiger partial charge in [0.1, 0.15) is 19.3 Å². The van der Waals surface area contributed by atoms with E-state index >= 15 is 0 Å². The molecule has 0 aliphatic heterocycles. The molecule has 0 radical (unpaired) electrons. The summed E-state index contributed by atoms with van der Waals surface area (Å²) >= 11 is 0. The molecule has 5 atom stereocenters. The van der Waals surface area contributed by atoms with Crippen LogP contribution in [-0.2, 0) is 65.4 Å². The molecule has 0 aromatic heterocycles. The number of hydrogen-bond donors (Lipinski definition) is 3. The molecule has 0 aromatic carbocycles. The Morgan fingerprint density at radius 1 is 0.279 bits per heavy atom. The fraction of sp³-hybridized carbons (Fsp3) is 0.600. The molecule has 0 saturated carbocycles. The zero-order valence-corrected chi connectivity index (χ0v) is 65.9. The highest BCUT2D eigenvalue weighted by Gasteiger charge is 2.30. The largest absolute Gasteiger partial charge is 0.472 e. The normalized spacial score (nSPS) is 14.9. The summed E-state index contributed by atoms with van der Waals surface area (Å²) in [6.45, 7) is 4.31. The highest BCUT2D eigenvalue weighted by Crippen LogP contribution is 2.45. The van der Waals surface area contributed by atoms with Crippen molar-refractivity contribution in [2.45, 2.75) is 290 Å². The molecular weight excluding hydrogens is 1350 g/mol. The summed E-state index contributed by atoms with van der Waals surface area (Å²) in [7, 11) is -10.0. The summed E-state index contributed by atoms with van der Waals surface area (Å²) in [5, 5.41) is 10.6. The summed E-state index contributed by atoms with van der Waals surface area (Å²) in [5.74, 6) is -2.36. The van der Waals surface area contributed by atoms with Crippen molar-refractivity contribution in [3.8, 4) is 0 Å². The summed E-state index contributed by atoms with van der Waals surface area (Å²) < 4.78 is 68.4. The second-order valence-electron chi connectivity index (χ2n) is 25.1. The van der Waals surface area contributed by atoms with Gasteiger partial charge in [-0.15, -0.1) is 0 Å². The lowest BCUT2D eigenvalue weighted by molar-refractivity contribution is -0.161. The maximum absolute atomic E-state index is 13.1. The molecule has 0 heterocycles. The van der Waals surface area contributed by atoms with E-state index in [2.05, 4.69) is 192 Å². The Morgan fingerprint density at radius 3 is 0.837 bits per heavy atom. The molecule has 104 heavy (non-hydrogen) atoms. The third-order valence-corrected chi connectivity index (χ3v) is 17.3. The highest BCUT2D eigenvalue weighted by molar-refractivity contribution is 7.47. The minimum absolute atomic E-state index is 0.0277. The van der Waals surface area contributed by atoms with E-state index < -0.39 is 97.5 Å². The molecule has 0 fully saturated rings. The second kappa shape index (κ2) is 75.4. The van der Waals surface area contributed by atoms with Crippen molar-refractivity contribution in [2.24, 2.45) is 0 Å². The zero-order chi connectivity index (χ0) is 76.0. The summed E-state index contributed by atoms with van der Waals surface area (Å²) in [4.78, 5) is 72.9. The van der Waals surface area contributed by atoms with Crippen LogP contribution in [-0.4, -0.2) is 96.7 Å². The first kappa shape index (κ1) is 98.2. The third-order valence-electron chi connectivity index (χ3n) is 15.4. The van der Waals surface area contributed by atoms with Gasteiger partial charge in [-0.2, -0.15) is 0 Å². The topological polar surface area (TPSA) is 237 Å². The van der Waals surface area contributed by atoms with Gasteiger partial charge in [0.2, 0.25) is 0 Å². The van der Waals surface area contributed by atoms with E-state index in [4.69, 9.17) is 37.0 Å². The number of phosphoric acid groups is 2. The molecule has 0 aliphatic carbocycles. The Kier molecular flexibility index (Phi) is 71.2. The predicted molar refractivity (Wildman–Crippen MR) is 426 cm³/mol. The Morgan fingerprint density at radius 2 is 0.519 bits per heavy atom. The summed E-state index contributed by atoms with van der Waals surface area (Å²) in [5.41, 5.74) is 0. The molecule has 3 N–H and O–H groups in total. The SMILES string of the molecule is CC/C=C\C/C=C\C/C=C\C/C=C\C/C=C\C/C=C\CCC(=O)OCC(COP(=O)(O)OCC(O)COP(=O)(O)OCC(COC(=O)CCCCCC/C=C\C/C=C\C/C=C\C/C=C\CC)OC(=O)CCCCCC/C=C\C/C=C\C/C=C\C/C=C\CC)OC(=O)CCCCCCC/C=C\CCCC. The van der Waals surface area contributed by atoms with Crippen LogP contribution in [0.25, 0.3) is 0 Å². The van der Waals surface area contributed by atoms with E-state index in [0.717, 1.165) is 180 Å². The van der Waals surface area contributed by atoms with Gasteiger partial charge in [0.15, 0.2) is 12.2 Å².